The summed E-state index contributed by atoms with van der Waals surface area (Å²) in [4.78, 5) is 10.6. The molecule has 2 N–H and O–H groups in total. The Morgan fingerprint density at radius 3 is 2.60 bits per heavy atom. The van der Waals surface area contributed by atoms with Gasteiger partial charge in [-0.2, -0.15) is 5.26 Å². The molecule has 0 saturated carbocycles. The molecule has 6 heteroatoms. The molecule has 0 radical (unpaired) electrons. The van der Waals surface area contributed by atoms with Gasteiger partial charge in [-0.1, -0.05) is 6.07 Å². The smallest absolute Gasteiger partial charge is 0.277 e. The van der Waals surface area contributed by atoms with E-state index in [1.165, 1.54) is 25.3 Å². The minimum Gasteiger partial charge on any atom is -0.497 e. The monoisotopic (exact) mass is 269 g/mol. The van der Waals surface area contributed by atoms with E-state index in [-0.39, 0.29) is 11.4 Å². The number of hydrogen-bond donors (Lipinski definition) is 1. The molecule has 0 aliphatic carbocycles. The molecule has 2 rings (SSSR count). The Labute approximate surface area is 115 Å². The number of rotatable bonds is 3. The van der Waals surface area contributed by atoms with Gasteiger partial charge >= 0.3 is 0 Å². The lowest BCUT2D eigenvalue weighted by atomic mass is 10.0. The van der Waals surface area contributed by atoms with Crippen LogP contribution < -0.4 is 10.5 Å². The number of ether oxygens (including phenoxy) is 1. The van der Waals surface area contributed by atoms with Crippen LogP contribution in [0.5, 0.6) is 5.75 Å². The van der Waals surface area contributed by atoms with Crippen molar-refractivity contribution >= 4 is 11.4 Å². The maximum atomic E-state index is 11.1. The summed E-state index contributed by atoms with van der Waals surface area (Å²) in [7, 11) is 1.48. The molecule has 0 atom stereocenters. The highest BCUT2D eigenvalue weighted by atomic mass is 16.6. The number of anilines is 1. The number of hydrogen-bond acceptors (Lipinski definition) is 5. The molecular weight excluding hydrogens is 258 g/mol. The van der Waals surface area contributed by atoms with Gasteiger partial charge < -0.3 is 10.5 Å². The van der Waals surface area contributed by atoms with Gasteiger partial charge in [0.2, 0.25) is 0 Å². The van der Waals surface area contributed by atoms with Crippen LogP contribution in [0.15, 0.2) is 36.4 Å². The molecule has 6 nitrogen and oxygen atoms in total. The molecular formula is C14H11N3O3. The van der Waals surface area contributed by atoms with Gasteiger partial charge in [-0.15, -0.1) is 0 Å². The van der Waals surface area contributed by atoms with Crippen molar-refractivity contribution in [3.05, 3.63) is 52.1 Å². The van der Waals surface area contributed by atoms with Gasteiger partial charge in [0.1, 0.15) is 11.8 Å². The van der Waals surface area contributed by atoms with E-state index in [1.54, 1.807) is 18.2 Å². The summed E-state index contributed by atoms with van der Waals surface area (Å²) in [6, 6.07) is 11.1. The van der Waals surface area contributed by atoms with Crippen LogP contribution in [-0.2, 0) is 0 Å². The average Bonchev–Trinajstić information content (AvgIpc) is 2.46. The maximum Gasteiger partial charge on any atom is 0.277 e. The highest BCUT2D eigenvalue weighted by molar-refractivity contribution is 5.78. The zero-order chi connectivity index (χ0) is 14.7. The fourth-order valence-corrected chi connectivity index (χ4v) is 1.86. The van der Waals surface area contributed by atoms with Gasteiger partial charge in [-0.3, -0.25) is 10.1 Å². The van der Waals surface area contributed by atoms with Crippen LogP contribution in [0.3, 0.4) is 0 Å². The number of benzene rings is 2. The van der Waals surface area contributed by atoms with E-state index in [2.05, 4.69) is 0 Å². The molecule has 0 amide bonds. The van der Waals surface area contributed by atoms with Crippen LogP contribution >= 0.6 is 0 Å². The Morgan fingerprint density at radius 1 is 1.30 bits per heavy atom. The molecule has 0 bridgehead atoms. The highest BCUT2D eigenvalue weighted by Gasteiger charge is 2.17. The van der Waals surface area contributed by atoms with E-state index in [0.29, 0.717) is 22.4 Å². The van der Waals surface area contributed by atoms with E-state index in [9.17, 15) is 10.1 Å². The zero-order valence-corrected chi connectivity index (χ0v) is 10.7. The normalized spacial score (nSPS) is 9.80. The molecule has 0 heterocycles. The lowest BCUT2D eigenvalue weighted by molar-refractivity contribution is -0.384. The van der Waals surface area contributed by atoms with E-state index >= 15 is 0 Å². The molecule has 0 fully saturated rings. The number of nitriles is 1. The van der Waals surface area contributed by atoms with E-state index in [0.717, 1.165) is 0 Å². The molecule has 0 aliphatic rings. The third-order valence-electron chi connectivity index (χ3n) is 2.88. The highest BCUT2D eigenvalue weighted by Crippen LogP contribution is 2.34. The number of nitro benzene ring substituents is 1. The molecule has 2 aromatic rings. The van der Waals surface area contributed by atoms with Crippen molar-refractivity contribution in [1.82, 2.24) is 0 Å². The fourth-order valence-electron chi connectivity index (χ4n) is 1.86. The molecule has 0 unspecified atom stereocenters. The first kappa shape index (κ1) is 13.4. The van der Waals surface area contributed by atoms with Crippen LogP contribution in [0.25, 0.3) is 11.1 Å². The van der Waals surface area contributed by atoms with E-state index in [4.69, 9.17) is 15.7 Å². The second-order valence-electron chi connectivity index (χ2n) is 4.05. The summed E-state index contributed by atoms with van der Waals surface area (Å²) in [5.74, 6) is 0.508. The van der Waals surface area contributed by atoms with E-state index < -0.39 is 4.92 Å². The average molecular weight is 269 g/mol. The topological polar surface area (TPSA) is 102 Å². The molecule has 20 heavy (non-hydrogen) atoms. The summed E-state index contributed by atoms with van der Waals surface area (Å²) in [5.41, 5.74) is 7.26. The summed E-state index contributed by atoms with van der Waals surface area (Å²) in [6.45, 7) is 0. The second-order valence-corrected chi connectivity index (χ2v) is 4.05. The fraction of sp³-hybridized carbons (Fsp3) is 0.0714. The van der Waals surface area contributed by atoms with Crippen molar-refractivity contribution in [1.29, 1.82) is 5.26 Å². The summed E-state index contributed by atoms with van der Waals surface area (Å²) in [6.07, 6.45) is 0. The number of nitrogens with zero attached hydrogens (tertiary/aromatic N) is 2. The van der Waals surface area contributed by atoms with Gasteiger partial charge in [0.15, 0.2) is 0 Å². The Kier molecular flexibility index (Phi) is 3.53. The largest absolute Gasteiger partial charge is 0.497 e. The SMILES string of the molecule is COc1ccc([N+](=O)[O-])c(-c2ccc(C#N)c(N)c2)c1. The number of nitrogens with two attached hydrogens (primary N) is 1. The number of nitrogen functional groups attached to an aromatic ring is 1. The van der Waals surface area contributed by atoms with Crippen molar-refractivity contribution in [3.63, 3.8) is 0 Å². The zero-order valence-electron chi connectivity index (χ0n) is 10.7. The number of methoxy groups -OCH3 is 1. The van der Waals surface area contributed by atoms with Crippen molar-refractivity contribution in [3.8, 4) is 22.9 Å². The predicted molar refractivity (Wildman–Crippen MR) is 74.2 cm³/mol. The molecule has 2 aromatic carbocycles. The lowest BCUT2D eigenvalue weighted by Crippen LogP contribution is -1.95. The number of nitro groups is 1. The van der Waals surface area contributed by atoms with Crippen molar-refractivity contribution in [2.75, 3.05) is 12.8 Å². The standard InChI is InChI=1S/C14H11N3O3/c1-20-11-4-5-14(17(18)19)12(7-11)9-2-3-10(8-15)13(16)6-9/h2-7H,16H2,1H3. The van der Waals surface area contributed by atoms with Gasteiger partial charge in [0.25, 0.3) is 5.69 Å². The lowest BCUT2D eigenvalue weighted by Gasteiger charge is -2.07. The Bertz CT molecular complexity index is 720. The molecule has 0 aromatic heterocycles. The van der Waals surface area contributed by atoms with Crippen LogP contribution in [0.4, 0.5) is 11.4 Å². The Balaban J connectivity index is 2.64. The van der Waals surface area contributed by atoms with Crippen LogP contribution in [0.1, 0.15) is 5.56 Å². The Hall–Kier alpha value is -3.07. The minimum absolute atomic E-state index is 0.0464. The van der Waals surface area contributed by atoms with Crippen molar-refractivity contribution in [2.45, 2.75) is 0 Å². The predicted octanol–water partition coefficient (Wildman–Crippen LogP) is 2.72. The van der Waals surface area contributed by atoms with Crippen molar-refractivity contribution in [2.24, 2.45) is 0 Å². The Morgan fingerprint density at radius 2 is 2.05 bits per heavy atom. The van der Waals surface area contributed by atoms with Crippen LogP contribution in [0.2, 0.25) is 0 Å². The second kappa shape index (κ2) is 5.28. The van der Waals surface area contributed by atoms with Gasteiger partial charge in [0, 0.05) is 6.07 Å². The first-order valence-electron chi connectivity index (χ1n) is 5.69. The van der Waals surface area contributed by atoms with Gasteiger partial charge in [-0.25, -0.2) is 0 Å². The quantitative estimate of drug-likeness (QED) is 0.524. The van der Waals surface area contributed by atoms with Gasteiger partial charge in [0.05, 0.1) is 28.8 Å². The summed E-state index contributed by atoms with van der Waals surface area (Å²) < 4.78 is 5.08. The third kappa shape index (κ3) is 2.37. The third-order valence-corrected chi connectivity index (χ3v) is 2.88. The van der Waals surface area contributed by atoms with Gasteiger partial charge in [-0.05, 0) is 29.8 Å². The van der Waals surface area contributed by atoms with Crippen molar-refractivity contribution < 1.29 is 9.66 Å². The summed E-state index contributed by atoms with van der Waals surface area (Å²) >= 11 is 0. The van der Waals surface area contributed by atoms with Crippen LogP contribution in [-0.4, -0.2) is 12.0 Å². The summed E-state index contributed by atoms with van der Waals surface area (Å²) in [5, 5.41) is 19.9. The minimum atomic E-state index is -0.469. The molecule has 0 saturated heterocycles. The maximum absolute atomic E-state index is 11.1. The van der Waals surface area contributed by atoms with Crippen LogP contribution in [0, 0.1) is 21.4 Å². The first-order valence-corrected chi connectivity index (χ1v) is 5.69. The molecule has 0 spiro atoms. The van der Waals surface area contributed by atoms with E-state index in [1.807, 2.05) is 6.07 Å². The molecule has 0 aliphatic heterocycles. The first-order chi connectivity index (χ1) is 9.56. The molecule has 100 valence electrons.